The zero-order chi connectivity index (χ0) is 9.90. The number of rotatable bonds is 2. The van der Waals surface area contributed by atoms with Crippen LogP contribution in [-0.4, -0.2) is 35.9 Å². The molecule has 0 bridgehead atoms. The van der Waals surface area contributed by atoms with Gasteiger partial charge in [0.15, 0.2) is 0 Å². The van der Waals surface area contributed by atoms with Gasteiger partial charge in [0.25, 0.3) is 0 Å². The van der Waals surface area contributed by atoms with Crippen molar-refractivity contribution in [1.82, 2.24) is 5.32 Å². The summed E-state index contributed by atoms with van der Waals surface area (Å²) in [5.41, 5.74) is -0.299. The molecule has 0 radical (unpaired) electrons. The lowest BCUT2D eigenvalue weighted by molar-refractivity contribution is -0.132. The maximum Gasteiger partial charge on any atom is 0.249 e. The molecule has 2 atom stereocenters. The van der Waals surface area contributed by atoms with E-state index >= 15 is 0 Å². The molecule has 0 saturated carbocycles. The van der Waals surface area contributed by atoms with E-state index in [1.54, 1.807) is 0 Å². The lowest BCUT2D eigenvalue weighted by atomic mass is 9.94. The molecule has 0 aromatic rings. The van der Waals surface area contributed by atoms with Crippen LogP contribution in [0.2, 0.25) is 0 Å². The van der Waals surface area contributed by atoms with Gasteiger partial charge in [-0.3, -0.25) is 4.79 Å². The molecule has 1 aliphatic rings. The van der Waals surface area contributed by atoms with Crippen molar-refractivity contribution in [3.63, 3.8) is 0 Å². The van der Waals surface area contributed by atoms with E-state index in [-0.39, 0.29) is 11.4 Å². The zero-order valence-corrected chi connectivity index (χ0v) is 8.17. The van der Waals surface area contributed by atoms with Gasteiger partial charge < -0.3 is 15.2 Å². The SMILES string of the molecule is C[C@H](O)C(=O)NC1(C)CCCOC1. The van der Waals surface area contributed by atoms with E-state index in [1.807, 2.05) is 6.92 Å². The van der Waals surface area contributed by atoms with Crippen molar-refractivity contribution >= 4 is 5.91 Å². The highest BCUT2D eigenvalue weighted by molar-refractivity contribution is 5.80. The summed E-state index contributed by atoms with van der Waals surface area (Å²) in [6.45, 7) is 4.69. The Hall–Kier alpha value is -0.610. The fourth-order valence-corrected chi connectivity index (χ4v) is 1.43. The largest absolute Gasteiger partial charge is 0.384 e. The van der Waals surface area contributed by atoms with Gasteiger partial charge in [0, 0.05) is 6.61 Å². The van der Waals surface area contributed by atoms with Crippen molar-refractivity contribution in [3.05, 3.63) is 0 Å². The van der Waals surface area contributed by atoms with Gasteiger partial charge in [-0.15, -0.1) is 0 Å². The smallest absolute Gasteiger partial charge is 0.249 e. The van der Waals surface area contributed by atoms with Gasteiger partial charge in [-0.05, 0) is 26.7 Å². The summed E-state index contributed by atoms with van der Waals surface area (Å²) in [7, 11) is 0. The van der Waals surface area contributed by atoms with E-state index in [0.717, 1.165) is 19.4 Å². The summed E-state index contributed by atoms with van der Waals surface area (Å²) in [6.07, 6.45) is 0.918. The molecule has 1 saturated heterocycles. The van der Waals surface area contributed by atoms with Crippen LogP contribution in [0.3, 0.4) is 0 Å². The summed E-state index contributed by atoms with van der Waals surface area (Å²) < 4.78 is 5.27. The highest BCUT2D eigenvalue weighted by Crippen LogP contribution is 2.18. The third-order valence-corrected chi connectivity index (χ3v) is 2.24. The highest BCUT2D eigenvalue weighted by atomic mass is 16.5. The van der Waals surface area contributed by atoms with Gasteiger partial charge in [0.2, 0.25) is 5.91 Å². The van der Waals surface area contributed by atoms with Crippen LogP contribution in [0.4, 0.5) is 0 Å². The highest BCUT2D eigenvalue weighted by Gasteiger charge is 2.30. The first-order valence-electron chi connectivity index (χ1n) is 4.61. The molecule has 1 amide bonds. The molecule has 1 unspecified atom stereocenters. The van der Waals surface area contributed by atoms with Crippen LogP contribution in [0, 0.1) is 0 Å². The molecule has 0 aromatic heterocycles. The molecule has 0 spiro atoms. The normalized spacial score (nSPS) is 31.0. The molecule has 2 N–H and O–H groups in total. The summed E-state index contributed by atoms with van der Waals surface area (Å²) in [6, 6.07) is 0. The fraction of sp³-hybridized carbons (Fsp3) is 0.889. The Morgan fingerprint density at radius 1 is 1.69 bits per heavy atom. The Bertz CT molecular complexity index is 185. The number of aliphatic hydroxyl groups is 1. The van der Waals surface area contributed by atoms with Crippen LogP contribution in [0.15, 0.2) is 0 Å². The Balaban J connectivity index is 2.45. The van der Waals surface area contributed by atoms with Crippen LogP contribution in [0.25, 0.3) is 0 Å². The topological polar surface area (TPSA) is 58.6 Å². The second-order valence-corrected chi connectivity index (χ2v) is 3.88. The van der Waals surface area contributed by atoms with Gasteiger partial charge in [-0.1, -0.05) is 0 Å². The van der Waals surface area contributed by atoms with E-state index in [9.17, 15) is 4.79 Å². The van der Waals surface area contributed by atoms with E-state index in [1.165, 1.54) is 6.92 Å². The monoisotopic (exact) mass is 187 g/mol. The molecule has 1 aliphatic heterocycles. The number of ether oxygens (including phenoxy) is 1. The molecule has 1 heterocycles. The van der Waals surface area contributed by atoms with Gasteiger partial charge in [-0.25, -0.2) is 0 Å². The number of hydrogen-bond acceptors (Lipinski definition) is 3. The first-order chi connectivity index (χ1) is 6.03. The van der Waals surface area contributed by atoms with Gasteiger partial charge in [0.05, 0.1) is 12.1 Å². The number of amides is 1. The number of carbonyl (C=O) groups excluding carboxylic acids is 1. The maximum absolute atomic E-state index is 11.2. The van der Waals surface area contributed by atoms with Crippen LogP contribution in [0.1, 0.15) is 26.7 Å². The summed E-state index contributed by atoms with van der Waals surface area (Å²) in [5, 5.41) is 11.8. The third kappa shape index (κ3) is 2.97. The average molecular weight is 187 g/mol. The third-order valence-electron chi connectivity index (χ3n) is 2.24. The molecule has 76 valence electrons. The molecule has 13 heavy (non-hydrogen) atoms. The van der Waals surface area contributed by atoms with Crippen molar-refractivity contribution in [2.75, 3.05) is 13.2 Å². The van der Waals surface area contributed by atoms with Gasteiger partial charge in [-0.2, -0.15) is 0 Å². The minimum absolute atomic E-state index is 0.299. The van der Waals surface area contributed by atoms with Crippen molar-refractivity contribution < 1.29 is 14.6 Å². The van der Waals surface area contributed by atoms with Crippen LogP contribution in [-0.2, 0) is 9.53 Å². The van der Waals surface area contributed by atoms with Crippen LogP contribution < -0.4 is 5.32 Å². The minimum Gasteiger partial charge on any atom is -0.384 e. The molecule has 0 aliphatic carbocycles. The van der Waals surface area contributed by atoms with Crippen molar-refractivity contribution in [2.24, 2.45) is 0 Å². The summed E-state index contributed by atoms with van der Waals surface area (Å²) in [4.78, 5) is 11.2. The molecule has 1 fully saturated rings. The molecule has 4 heteroatoms. The van der Waals surface area contributed by atoms with E-state index < -0.39 is 6.10 Å². The standard InChI is InChI=1S/C9H17NO3/c1-7(11)8(12)10-9(2)4-3-5-13-6-9/h7,11H,3-6H2,1-2H3,(H,10,12)/t7-,9?/m0/s1. The summed E-state index contributed by atoms with van der Waals surface area (Å²) in [5.74, 6) is -0.326. The number of hydrogen-bond donors (Lipinski definition) is 2. The Morgan fingerprint density at radius 2 is 2.38 bits per heavy atom. The van der Waals surface area contributed by atoms with Crippen molar-refractivity contribution in [2.45, 2.75) is 38.3 Å². The summed E-state index contributed by atoms with van der Waals surface area (Å²) >= 11 is 0. The molecular weight excluding hydrogens is 170 g/mol. The Kier molecular flexibility index (Phi) is 3.27. The zero-order valence-electron chi connectivity index (χ0n) is 8.17. The van der Waals surface area contributed by atoms with E-state index in [4.69, 9.17) is 9.84 Å². The van der Waals surface area contributed by atoms with E-state index in [2.05, 4.69) is 5.32 Å². The number of carbonyl (C=O) groups is 1. The second kappa shape index (κ2) is 4.07. The van der Waals surface area contributed by atoms with Crippen molar-refractivity contribution in [1.29, 1.82) is 0 Å². The quantitative estimate of drug-likeness (QED) is 0.642. The molecule has 1 rings (SSSR count). The second-order valence-electron chi connectivity index (χ2n) is 3.88. The minimum atomic E-state index is -0.946. The van der Waals surface area contributed by atoms with Gasteiger partial charge in [0.1, 0.15) is 6.10 Å². The molecular formula is C9H17NO3. The predicted octanol–water partition coefficient (Wildman–Crippen LogP) is 0.0525. The maximum atomic E-state index is 11.2. The van der Waals surface area contributed by atoms with Crippen LogP contribution >= 0.6 is 0 Å². The fourth-order valence-electron chi connectivity index (χ4n) is 1.43. The Morgan fingerprint density at radius 3 is 2.85 bits per heavy atom. The number of aliphatic hydroxyl groups excluding tert-OH is 1. The molecule has 4 nitrogen and oxygen atoms in total. The van der Waals surface area contributed by atoms with Gasteiger partial charge >= 0.3 is 0 Å². The first-order valence-corrected chi connectivity index (χ1v) is 4.61. The van der Waals surface area contributed by atoms with Crippen LogP contribution in [0.5, 0.6) is 0 Å². The lowest BCUT2D eigenvalue weighted by Crippen LogP contribution is -2.53. The van der Waals surface area contributed by atoms with Crippen molar-refractivity contribution in [3.8, 4) is 0 Å². The Labute approximate surface area is 78.3 Å². The first kappa shape index (κ1) is 10.5. The predicted molar refractivity (Wildman–Crippen MR) is 48.3 cm³/mol. The molecule has 0 aromatic carbocycles. The number of nitrogens with one attached hydrogen (secondary N) is 1. The van der Waals surface area contributed by atoms with E-state index in [0.29, 0.717) is 6.61 Å². The lowest BCUT2D eigenvalue weighted by Gasteiger charge is -2.34. The average Bonchev–Trinajstić information content (AvgIpc) is 2.04.